The van der Waals surface area contributed by atoms with Crippen molar-refractivity contribution in [2.45, 2.75) is 79.1 Å². The number of H-pyrrole nitrogens is 1. The fourth-order valence-electron chi connectivity index (χ4n) is 5.18. The SMILES string of the molecule is CCCN(CCC)CCCc1nc2ccc(CN(Cc3ncc[nH]3)Cc3nccn3C)cc2n1CCC. The van der Waals surface area contributed by atoms with Crippen molar-refractivity contribution in [2.24, 2.45) is 7.05 Å². The number of hydrogen-bond donors (Lipinski definition) is 1. The first-order valence-corrected chi connectivity index (χ1v) is 14.0. The lowest BCUT2D eigenvalue weighted by atomic mass is 10.1. The van der Waals surface area contributed by atoms with E-state index in [1.54, 1.807) is 0 Å². The number of rotatable bonds is 16. The minimum atomic E-state index is 0.739. The van der Waals surface area contributed by atoms with E-state index in [4.69, 9.17) is 4.98 Å². The highest BCUT2D eigenvalue weighted by Gasteiger charge is 2.15. The van der Waals surface area contributed by atoms with Gasteiger partial charge in [-0.2, -0.15) is 0 Å². The largest absolute Gasteiger partial charge is 0.348 e. The topological polar surface area (TPSA) is 70.8 Å². The summed E-state index contributed by atoms with van der Waals surface area (Å²) < 4.78 is 4.54. The van der Waals surface area contributed by atoms with Crippen LogP contribution >= 0.6 is 0 Å². The van der Waals surface area contributed by atoms with Gasteiger partial charge in [-0.25, -0.2) is 15.0 Å². The van der Waals surface area contributed by atoms with E-state index in [1.165, 1.54) is 42.8 Å². The maximum Gasteiger partial charge on any atom is 0.122 e. The lowest BCUT2D eigenvalue weighted by Gasteiger charge is -2.21. The third kappa shape index (κ3) is 7.29. The van der Waals surface area contributed by atoms with E-state index in [2.05, 4.69) is 72.9 Å². The third-order valence-corrected chi connectivity index (χ3v) is 6.91. The fourth-order valence-corrected chi connectivity index (χ4v) is 5.18. The second kappa shape index (κ2) is 13.5. The molecule has 4 rings (SSSR count). The minimum absolute atomic E-state index is 0.739. The number of imidazole rings is 3. The van der Waals surface area contributed by atoms with Crippen molar-refractivity contribution in [3.63, 3.8) is 0 Å². The highest BCUT2D eigenvalue weighted by atomic mass is 15.2. The highest BCUT2D eigenvalue weighted by molar-refractivity contribution is 5.77. The van der Waals surface area contributed by atoms with Gasteiger partial charge in [0.1, 0.15) is 17.5 Å². The molecule has 8 heteroatoms. The van der Waals surface area contributed by atoms with Crippen molar-refractivity contribution in [1.29, 1.82) is 0 Å². The molecule has 0 aliphatic carbocycles. The summed E-state index contributed by atoms with van der Waals surface area (Å²) in [4.78, 5) is 22.3. The summed E-state index contributed by atoms with van der Waals surface area (Å²) in [5, 5.41) is 0. The first-order valence-electron chi connectivity index (χ1n) is 14.0. The van der Waals surface area contributed by atoms with Gasteiger partial charge in [0.25, 0.3) is 0 Å². The summed E-state index contributed by atoms with van der Waals surface area (Å²) in [5.74, 6) is 3.24. The zero-order valence-electron chi connectivity index (χ0n) is 23.2. The van der Waals surface area contributed by atoms with E-state index >= 15 is 0 Å². The molecule has 0 spiro atoms. The molecule has 3 heterocycles. The van der Waals surface area contributed by atoms with Crippen molar-refractivity contribution in [2.75, 3.05) is 19.6 Å². The van der Waals surface area contributed by atoms with Crippen LogP contribution in [0.1, 0.15) is 69.5 Å². The fraction of sp³-hybridized carbons (Fsp3) is 0.552. The van der Waals surface area contributed by atoms with Crippen LogP contribution in [0.25, 0.3) is 11.0 Å². The van der Waals surface area contributed by atoms with Gasteiger partial charge >= 0.3 is 0 Å². The second-order valence-electron chi connectivity index (χ2n) is 10.1. The summed E-state index contributed by atoms with van der Waals surface area (Å²) >= 11 is 0. The Morgan fingerprint density at radius 3 is 2.38 bits per heavy atom. The monoisotopic (exact) mass is 504 g/mol. The Hall–Kier alpha value is -2.97. The molecule has 0 aliphatic heterocycles. The van der Waals surface area contributed by atoms with Crippen LogP contribution in [0.5, 0.6) is 0 Å². The van der Waals surface area contributed by atoms with E-state index in [-0.39, 0.29) is 0 Å². The van der Waals surface area contributed by atoms with Crippen LogP contribution in [-0.2, 0) is 39.6 Å². The molecule has 0 unspecified atom stereocenters. The molecule has 0 atom stereocenters. The van der Waals surface area contributed by atoms with Crippen molar-refractivity contribution in [1.82, 2.24) is 38.9 Å². The molecule has 4 aromatic rings. The molecule has 200 valence electrons. The van der Waals surface area contributed by atoms with E-state index < -0.39 is 0 Å². The minimum Gasteiger partial charge on any atom is -0.348 e. The predicted molar refractivity (Wildman–Crippen MR) is 150 cm³/mol. The summed E-state index contributed by atoms with van der Waals surface area (Å²) in [7, 11) is 2.05. The molecular weight excluding hydrogens is 460 g/mol. The molecule has 0 amide bonds. The maximum absolute atomic E-state index is 5.08. The van der Waals surface area contributed by atoms with Crippen LogP contribution < -0.4 is 0 Å². The van der Waals surface area contributed by atoms with Crippen LogP contribution in [-0.4, -0.2) is 58.5 Å². The van der Waals surface area contributed by atoms with Gasteiger partial charge in [-0.3, -0.25) is 4.90 Å². The quantitative estimate of drug-likeness (QED) is 0.228. The Kier molecular flexibility index (Phi) is 9.91. The molecule has 3 aromatic heterocycles. The van der Waals surface area contributed by atoms with Gasteiger partial charge in [0.2, 0.25) is 0 Å². The zero-order chi connectivity index (χ0) is 26.0. The summed E-state index contributed by atoms with van der Waals surface area (Å²) in [6, 6.07) is 6.77. The van der Waals surface area contributed by atoms with Crippen molar-refractivity contribution in [3.8, 4) is 0 Å². The Bertz CT molecular complexity index is 1200. The van der Waals surface area contributed by atoms with Crippen LogP contribution in [0, 0.1) is 0 Å². The van der Waals surface area contributed by atoms with Crippen LogP contribution in [0.2, 0.25) is 0 Å². The van der Waals surface area contributed by atoms with Crippen LogP contribution in [0.15, 0.2) is 43.0 Å². The number of aromatic amines is 1. The van der Waals surface area contributed by atoms with E-state index in [1.807, 2.05) is 31.8 Å². The summed E-state index contributed by atoms with van der Waals surface area (Å²) in [6.07, 6.45) is 13.3. The molecule has 1 N–H and O–H groups in total. The molecule has 37 heavy (non-hydrogen) atoms. The number of aromatic nitrogens is 6. The van der Waals surface area contributed by atoms with Crippen LogP contribution in [0.4, 0.5) is 0 Å². The number of fused-ring (bicyclic) bond motifs is 1. The Labute approximate surface area is 221 Å². The number of aryl methyl sites for hydroxylation is 3. The van der Waals surface area contributed by atoms with Gasteiger partial charge in [-0.1, -0.05) is 26.8 Å². The Balaban J connectivity index is 1.52. The average molecular weight is 505 g/mol. The standard InChI is InChI=1S/C29H44N8/c1-5-15-35(16-6-2)18-8-9-28-33-25-11-10-24(20-26(25)37(28)17-7-3)21-36(22-27-30-12-13-31-27)23-29-32-14-19-34(29)4/h10-14,19-20H,5-9,15-18,21-23H2,1-4H3,(H,30,31). The molecule has 8 nitrogen and oxygen atoms in total. The van der Waals surface area contributed by atoms with Gasteiger partial charge in [-0.15, -0.1) is 0 Å². The Morgan fingerprint density at radius 1 is 0.865 bits per heavy atom. The first kappa shape index (κ1) is 27.1. The third-order valence-electron chi connectivity index (χ3n) is 6.91. The maximum atomic E-state index is 5.08. The normalized spacial score (nSPS) is 11.9. The second-order valence-corrected chi connectivity index (χ2v) is 10.1. The number of hydrogen-bond acceptors (Lipinski definition) is 5. The lowest BCUT2D eigenvalue weighted by Crippen LogP contribution is -2.27. The summed E-state index contributed by atoms with van der Waals surface area (Å²) in [5.41, 5.74) is 3.64. The van der Waals surface area contributed by atoms with Crippen molar-refractivity contribution in [3.05, 3.63) is 66.0 Å². The predicted octanol–water partition coefficient (Wildman–Crippen LogP) is 5.16. The van der Waals surface area contributed by atoms with Crippen LogP contribution in [0.3, 0.4) is 0 Å². The molecule has 1 aromatic carbocycles. The van der Waals surface area contributed by atoms with Gasteiger partial charge in [0.05, 0.1) is 24.1 Å². The first-order chi connectivity index (χ1) is 18.1. The molecule has 0 radical (unpaired) electrons. The van der Waals surface area contributed by atoms with E-state index in [0.29, 0.717) is 0 Å². The van der Waals surface area contributed by atoms with Gasteiger partial charge in [-0.05, 0) is 63.0 Å². The van der Waals surface area contributed by atoms with Gasteiger partial charge in [0.15, 0.2) is 0 Å². The number of nitrogens with zero attached hydrogens (tertiary/aromatic N) is 7. The van der Waals surface area contributed by atoms with E-state index in [0.717, 1.165) is 69.2 Å². The highest BCUT2D eigenvalue weighted by Crippen LogP contribution is 2.22. The molecule has 0 saturated heterocycles. The molecule has 0 bridgehead atoms. The molecule has 0 fully saturated rings. The molecule has 0 aliphatic rings. The van der Waals surface area contributed by atoms with Crippen molar-refractivity contribution >= 4 is 11.0 Å². The zero-order valence-corrected chi connectivity index (χ0v) is 23.2. The van der Waals surface area contributed by atoms with Gasteiger partial charge in [0, 0.05) is 51.3 Å². The number of benzene rings is 1. The lowest BCUT2D eigenvalue weighted by molar-refractivity contribution is 0.233. The number of nitrogens with one attached hydrogen (secondary N) is 1. The molecule has 0 saturated carbocycles. The molecular formula is C29H44N8. The van der Waals surface area contributed by atoms with E-state index in [9.17, 15) is 0 Å². The smallest absolute Gasteiger partial charge is 0.122 e. The van der Waals surface area contributed by atoms with Gasteiger partial charge < -0.3 is 19.0 Å². The Morgan fingerprint density at radius 2 is 1.70 bits per heavy atom. The average Bonchev–Trinajstić information content (AvgIpc) is 3.62. The summed E-state index contributed by atoms with van der Waals surface area (Å²) in [6.45, 7) is 13.6. The van der Waals surface area contributed by atoms with Crippen molar-refractivity contribution < 1.29 is 0 Å².